The summed E-state index contributed by atoms with van der Waals surface area (Å²) in [5.74, 6) is 0.536. The molecular formula is C13H10BrFMgO. The van der Waals surface area contributed by atoms with Crippen LogP contribution < -0.4 is 21.7 Å². The number of benzene rings is 2. The number of hydrogen-bond acceptors (Lipinski definition) is 1. The fourth-order valence-electron chi connectivity index (χ4n) is 1.21. The van der Waals surface area contributed by atoms with Crippen LogP contribution in [0.5, 0.6) is 5.75 Å². The first-order valence-corrected chi connectivity index (χ1v) is 4.68. The molecule has 0 aliphatic heterocycles. The van der Waals surface area contributed by atoms with Crippen LogP contribution in [0.25, 0.3) is 0 Å². The summed E-state index contributed by atoms with van der Waals surface area (Å²) < 4.78 is 18.1. The summed E-state index contributed by atoms with van der Waals surface area (Å²) in [6.07, 6.45) is 0. The summed E-state index contributed by atoms with van der Waals surface area (Å²) in [5, 5.41) is 0. The molecule has 0 unspecified atom stereocenters. The Morgan fingerprint density at radius 1 is 1.12 bits per heavy atom. The Morgan fingerprint density at radius 2 is 1.82 bits per heavy atom. The third-order valence-corrected chi connectivity index (χ3v) is 2.00. The van der Waals surface area contributed by atoms with Crippen LogP contribution in [-0.2, 0) is 6.61 Å². The molecule has 0 atom stereocenters. The fraction of sp³-hybridized carbons (Fsp3) is 0.0769. The molecular weight excluding hydrogens is 295 g/mol. The van der Waals surface area contributed by atoms with Crippen LogP contribution in [-0.4, -0.2) is 23.1 Å². The Labute approximate surface area is 127 Å². The Morgan fingerprint density at radius 3 is 2.41 bits per heavy atom. The van der Waals surface area contributed by atoms with Gasteiger partial charge in [-0.25, -0.2) is 4.39 Å². The first kappa shape index (κ1) is 16.4. The predicted molar refractivity (Wildman–Crippen MR) is 61.8 cm³/mol. The Balaban J connectivity index is 0.00000128. The van der Waals surface area contributed by atoms with E-state index in [1.165, 1.54) is 12.1 Å². The molecule has 84 valence electrons. The van der Waals surface area contributed by atoms with Crippen molar-refractivity contribution in [2.75, 3.05) is 0 Å². The van der Waals surface area contributed by atoms with Crippen LogP contribution in [0.3, 0.4) is 0 Å². The molecule has 4 heteroatoms. The molecule has 0 aromatic heterocycles. The van der Waals surface area contributed by atoms with E-state index in [9.17, 15) is 4.39 Å². The first-order chi connectivity index (χ1) is 7.34. The van der Waals surface area contributed by atoms with Crippen molar-refractivity contribution in [3.05, 3.63) is 66.0 Å². The van der Waals surface area contributed by atoms with Crippen molar-refractivity contribution in [1.82, 2.24) is 0 Å². The Hall–Kier alpha value is -0.584. The largest absolute Gasteiger partial charge is 2.00 e. The van der Waals surface area contributed by atoms with E-state index in [0.717, 1.165) is 11.3 Å². The van der Waals surface area contributed by atoms with Crippen LogP contribution in [0, 0.1) is 11.9 Å². The minimum atomic E-state index is -0.230. The molecule has 1 nitrogen and oxygen atoms in total. The average Bonchev–Trinajstić information content (AvgIpc) is 2.30. The zero-order valence-corrected chi connectivity index (χ0v) is 12.2. The molecule has 0 fully saturated rings. The van der Waals surface area contributed by atoms with Gasteiger partial charge in [0, 0.05) is 5.75 Å². The number of ether oxygens (including phenoxy) is 1. The van der Waals surface area contributed by atoms with Gasteiger partial charge in [-0.2, -0.15) is 18.2 Å². The third-order valence-electron chi connectivity index (χ3n) is 2.00. The standard InChI is InChI=1S/C13H10FO.BrH.Mg/c14-12-8-6-11(7-9-12)10-15-13-4-2-1-3-5-13;;/h1-2,4-9H,10H2;1H;/q-1;;+2/p-1. The number of rotatable bonds is 3. The SMILES string of the molecule is Fc1ccc(COc2c[c-]ccc2)cc1.[Br-].[Mg+2]. The number of hydrogen-bond donors (Lipinski definition) is 0. The van der Waals surface area contributed by atoms with Crippen LogP contribution in [0.4, 0.5) is 4.39 Å². The van der Waals surface area contributed by atoms with Gasteiger partial charge in [0.1, 0.15) is 5.82 Å². The minimum absolute atomic E-state index is 0. The molecule has 0 heterocycles. The third kappa shape index (κ3) is 5.52. The second kappa shape index (κ2) is 8.50. The summed E-state index contributed by atoms with van der Waals surface area (Å²) in [4.78, 5) is 0. The zero-order chi connectivity index (χ0) is 10.5. The summed E-state index contributed by atoms with van der Waals surface area (Å²) >= 11 is 0. The summed E-state index contributed by atoms with van der Waals surface area (Å²) in [7, 11) is 0. The van der Waals surface area contributed by atoms with E-state index in [4.69, 9.17) is 4.74 Å². The van der Waals surface area contributed by atoms with E-state index in [1.807, 2.05) is 18.2 Å². The fourth-order valence-corrected chi connectivity index (χ4v) is 1.21. The maximum absolute atomic E-state index is 12.6. The molecule has 0 radical (unpaired) electrons. The molecule has 0 amide bonds. The molecule has 0 aliphatic rings. The van der Waals surface area contributed by atoms with Crippen molar-refractivity contribution in [2.45, 2.75) is 6.61 Å². The van der Waals surface area contributed by atoms with Gasteiger partial charge in [-0.15, -0.1) is 12.1 Å². The van der Waals surface area contributed by atoms with E-state index in [0.29, 0.717) is 6.61 Å². The van der Waals surface area contributed by atoms with Crippen molar-refractivity contribution in [3.63, 3.8) is 0 Å². The first-order valence-electron chi connectivity index (χ1n) is 4.68. The molecule has 2 aromatic carbocycles. The second-order valence-electron chi connectivity index (χ2n) is 3.15. The smallest absolute Gasteiger partial charge is 1.00 e. The van der Waals surface area contributed by atoms with Crippen molar-refractivity contribution in [1.29, 1.82) is 0 Å². The molecule has 2 rings (SSSR count). The van der Waals surface area contributed by atoms with Crippen LogP contribution in [0.2, 0.25) is 0 Å². The van der Waals surface area contributed by atoms with Crippen molar-refractivity contribution in [3.8, 4) is 5.75 Å². The van der Waals surface area contributed by atoms with Gasteiger partial charge < -0.3 is 21.7 Å². The molecule has 0 saturated carbocycles. The monoisotopic (exact) mass is 304 g/mol. The van der Waals surface area contributed by atoms with Crippen molar-refractivity contribution >= 4 is 23.1 Å². The molecule has 0 N–H and O–H groups in total. The van der Waals surface area contributed by atoms with E-state index in [2.05, 4.69) is 6.07 Å². The number of halogens is 2. The van der Waals surface area contributed by atoms with Gasteiger partial charge in [0.2, 0.25) is 0 Å². The molecule has 0 aliphatic carbocycles. The summed E-state index contributed by atoms with van der Waals surface area (Å²) in [5.41, 5.74) is 0.945. The van der Waals surface area contributed by atoms with Gasteiger partial charge in [-0.3, -0.25) is 0 Å². The zero-order valence-electron chi connectivity index (χ0n) is 9.20. The molecule has 17 heavy (non-hydrogen) atoms. The van der Waals surface area contributed by atoms with Gasteiger partial charge in [0.15, 0.2) is 0 Å². The maximum Gasteiger partial charge on any atom is 2.00 e. The van der Waals surface area contributed by atoms with Gasteiger partial charge >= 0.3 is 23.1 Å². The molecule has 0 spiro atoms. The normalized spacial score (nSPS) is 8.76. The molecule has 0 saturated heterocycles. The summed E-state index contributed by atoms with van der Waals surface area (Å²) in [6, 6.07) is 16.5. The molecule has 2 aromatic rings. The van der Waals surface area contributed by atoms with Gasteiger partial charge in [0.05, 0.1) is 6.61 Å². The van der Waals surface area contributed by atoms with E-state index >= 15 is 0 Å². The minimum Gasteiger partial charge on any atom is -1.00 e. The van der Waals surface area contributed by atoms with Crippen molar-refractivity contribution in [2.24, 2.45) is 0 Å². The van der Waals surface area contributed by atoms with E-state index < -0.39 is 0 Å². The second-order valence-corrected chi connectivity index (χ2v) is 3.15. The maximum atomic E-state index is 12.6. The Kier molecular flexibility index (Phi) is 8.21. The topological polar surface area (TPSA) is 9.23 Å². The Bertz CT molecular complexity index is 419. The van der Waals surface area contributed by atoms with E-state index in [-0.39, 0.29) is 45.9 Å². The predicted octanol–water partition coefficient (Wildman–Crippen LogP) is -0.172. The summed E-state index contributed by atoms with van der Waals surface area (Å²) in [6.45, 7) is 0.443. The van der Waals surface area contributed by atoms with Crippen LogP contribution in [0.15, 0.2) is 48.5 Å². The van der Waals surface area contributed by atoms with Gasteiger partial charge in [-0.1, -0.05) is 12.1 Å². The van der Waals surface area contributed by atoms with Gasteiger partial charge in [0.25, 0.3) is 0 Å². The quantitative estimate of drug-likeness (QED) is 0.565. The van der Waals surface area contributed by atoms with Gasteiger partial charge in [-0.05, 0) is 17.7 Å². The van der Waals surface area contributed by atoms with Crippen LogP contribution in [0.1, 0.15) is 5.56 Å². The van der Waals surface area contributed by atoms with Crippen LogP contribution >= 0.6 is 0 Å². The molecule has 0 bridgehead atoms. The van der Waals surface area contributed by atoms with Crippen molar-refractivity contribution < 1.29 is 26.1 Å². The van der Waals surface area contributed by atoms with E-state index in [1.54, 1.807) is 18.2 Å². The average molecular weight is 305 g/mol.